The molecule has 1 aromatic carbocycles. The van der Waals surface area contributed by atoms with Gasteiger partial charge in [-0.1, -0.05) is 11.6 Å². The third kappa shape index (κ3) is 5.70. The van der Waals surface area contributed by atoms with E-state index in [0.717, 1.165) is 24.2 Å². The first-order valence-corrected chi connectivity index (χ1v) is 11.8. The Morgan fingerprint density at radius 2 is 2.12 bits per heavy atom. The van der Waals surface area contributed by atoms with Crippen LogP contribution < -0.4 is 15.5 Å². The molecule has 0 spiro atoms. The van der Waals surface area contributed by atoms with E-state index in [0.29, 0.717) is 15.8 Å². The van der Waals surface area contributed by atoms with Crippen LogP contribution in [0.3, 0.4) is 0 Å². The number of carbonyl (C=O) groups excluding carboxylic acids is 3. The standard InChI is InChI=1S/C22H24ClFN4O4S/c1-27(14-3-4-14)17(11-25-22(31)18-6-7-19(23)33-18)21(30)26-13-2-5-16(15(24)10-13)28-8-9-32-12-20(28)29/h2,5-7,10,14,17H,3-4,8-9,11-12H2,1H3,(H,25,31)(H,26,30)/t17-/m0/s1. The molecule has 1 atom stereocenters. The van der Waals surface area contributed by atoms with E-state index < -0.39 is 11.9 Å². The largest absolute Gasteiger partial charge is 0.370 e. The number of ether oxygens (including phenoxy) is 1. The zero-order valence-electron chi connectivity index (χ0n) is 18.0. The number of morpholine rings is 1. The van der Waals surface area contributed by atoms with Crippen LogP contribution in [0.1, 0.15) is 22.5 Å². The van der Waals surface area contributed by atoms with Gasteiger partial charge in [-0.25, -0.2) is 4.39 Å². The zero-order valence-corrected chi connectivity index (χ0v) is 19.5. The average Bonchev–Trinajstić information content (AvgIpc) is 3.55. The Morgan fingerprint density at radius 1 is 1.33 bits per heavy atom. The molecule has 1 aliphatic carbocycles. The van der Waals surface area contributed by atoms with Gasteiger partial charge in [0.15, 0.2) is 0 Å². The number of halogens is 2. The van der Waals surface area contributed by atoms with E-state index in [1.54, 1.807) is 18.2 Å². The van der Waals surface area contributed by atoms with Gasteiger partial charge in [-0.2, -0.15) is 0 Å². The molecule has 33 heavy (non-hydrogen) atoms. The molecule has 0 radical (unpaired) electrons. The van der Waals surface area contributed by atoms with E-state index in [9.17, 15) is 18.8 Å². The second-order valence-corrected chi connectivity index (χ2v) is 9.69. The molecule has 11 heteroatoms. The molecule has 2 aliphatic rings. The molecule has 1 saturated heterocycles. The lowest BCUT2D eigenvalue weighted by atomic mass is 10.2. The first kappa shape index (κ1) is 23.6. The summed E-state index contributed by atoms with van der Waals surface area (Å²) in [6, 6.07) is 7.11. The highest BCUT2D eigenvalue weighted by atomic mass is 35.5. The van der Waals surface area contributed by atoms with Crippen molar-refractivity contribution in [1.82, 2.24) is 10.2 Å². The van der Waals surface area contributed by atoms with Gasteiger partial charge in [0, 0.05) is 24.8 Å². The van der Waals surface area contributed by atoms with Crippen molar-refractivity contribution in [3.63, 3.8) is 0 Å². The summed E-state index contributed by atoms with van der Waals surface area (Å²) in [5.41, 5.74) is 0.419. The molecule has 2 aromatic rings. The van der Waals surface area contributed by atoms with E-state index in [1.807, 2.05) is 11.9 Å². The summed E-state index contributed by atoms with van der Waals surface area (Å²) in [7, 11) is 1.84. The number of hydrogen-bond donors (Lipinski definition) is 2. The van der Waals surface area contributed by atoms with Crippen LogP contribution in [0.15, 0.2) is 30.3 Å². The van der Waals surface area contributed by atoms with Gasteiger partial charge in [0.1, 0.15) is 18.5 Å². The molecular weight excluding hydrogens is 471 g/mol. The molecule has 176 valence electrons. The van der Waals surface area contributed by atoms with Crippen molar-refractivity contribution in [3.8, 4) is 0 Å². The second-order valence-electron chi connectivity index (χ2n) is 7.98. The first-order chi connectivity index (χ1) is 15.8. The topological polar surface area (TPSA) is 91.0 Å². The summed E-state index contributed by atoms with van der Waals surface area (Å²) in [6.07, 6.45) is 1.96. The fourth-order valence-corrected chi connectivity index (χ4v) is 4.63. The molecule has 2 fully saturated rings. The third-order valence-corrected chi connectivity index (χ3v) is 6.89. The van der Waals surface area contributed by atoms with Crippen LogP contribution in [0.2, 0.25) is 4.34 Å². The quantitative estimate of drug-likeness (QED) is 0.589. The lowest BCUT2D eigenvalue weighted by molar-refractivity contribution is -0.125. The minimum atomic E-state index is -0.638. The molecule has 3 amide bonds. The Bertz CT molecular complexity index is 1060. The lowest BCUT2D eigenvalue weighted by Crippen LogP contribution is -2.50. The van der Waals surface area contributed by atoms with Crippen LogP contribution in [0, 0.1) is 5.82 Å². The van der Waals surface area contributed by atoms with Crippen LogP contribution in [0.4, 0.5) is 15.8 Å². The SMILES string of the molecule is CN(C1CC1)[C@@H](CNC(=O)c1ccc(Cl)s1)C(=O)Nc1ccc(N2CCOCC2=O)c(F)c1. The van der Waals surface area contributed by atoms with Crippen LogP contribution >= 0.6 is 22.9 Å². The van der Waals surface area contributed by atoms with Gasteiger partial charge in [0.2, 0.25) is 5.91 Å². The molecule has 0 bridgehead atoms. The van der Waals surface area contributed by atoms with E-state index >= 15 is 0 Å². The van der Waals surface area contributed by atoms with Crippen LogP contribution in [0.5, 0.6) is 0 Å². The van der Waals surface area contributed by atoms with Crippen molar-refractivity contribution >= 4 is 52.0 Å². The van der Waals surface area contributed by atoms with Crippen molar-refractivity contribution in [1.29, 1.82) is 0 Å². The minimum Gasteiger partial charge on any atom is -0.370 e. The molecule has 2 N–H and O–H groups in total. The van der Waals surface area contributed by atoms with Gasteiger partial charge in [0.05, 0.1) is 21.5 Å². The third-order valence-electron chi connectivity index (χ3n) is 5.66. The van der Waals surface area contributed by atoms with Gasteiger partial charge < -0.3 is 20.3 Å². The average molecular weight is 495 g/mol. The molecule has 1 saturated carbocycles. The fourth-order valence-electron chi connectivity index (χ4n) is 3.67. The summed E-state index contributed by atoms with van der Waals surface area (Å²) in [5.74, 6) is -1.59. The van der Waals surface area contributed by atoms with Gasteiger partial charge in [-0.05, 0) is 50.2 Å². The Hall–Kier alpha value is -2.53. The summed E-state index contributed by atoms with van der Waals surface area (Å²) >= 11 is 7.06. The van der Waals surface area contributed by atoms with Gasteiger partial charge in [-0.3, -0.25) is 19.3 Å². The predicted octanol–water partition coefficient (Wildman–Crippen LogP) is 2.74. The molecule has 1 aliphatic heterocycles. The number of hydrogen-bond acceptors (Lipinski definition) is 6. The van der Waals surface area contributed by atoms with Crippen molar-refractivity contribution in [2.45, 2.75) is 24.9 Å². The highest BCUT2D eigenvalue weighted by Crippen LogP contribution is 2.28. The van der Waals surface area contributed by atoms with E-state index in [-0.39, 0.29) is 54.8 Å². The van der Waals surface area contributed by atoms with Crippen LogP contribution in [-0.2, 0) is 14.3 Å². The summed E-state index contributed by atoms with van der Waals surface area (Å²) in [5, 5.41) is 5.53. The molecular formula is C22H24ClFN4O4S. The maximum Gasteiger partial charge on any atom is 0.261 e. The van der Waals surface area contributed by atoms with Crippen LogP contribution in [0.25, 0.3) is 0 Å². The Labute approximate surface area is 199 Å². The summed E-state index contributed by atoms with van der Waals surface area (Å²) in [6.45, 7) is 0.611. The maximum atomic E-state index is 14.7. The zero-order chi connectivity index (χ0) is 23.5. The molecule has 4 rings (SSSR count). The Morgan fingerprint density at radius 3 is 2.76 bits per heavy atom. The number of thiophene rings is 1. The van der Waals surface area contributed by atoms with Gasteiger partial charge in [-0.15, -0.1) is 11.3 Å². The predicted molar refractivity (Wildman–Crippen MR) is 124 cm³/mol. The summed E-state index contributed by atoms with van der Waals surface area (Å²) in [4.78, 5) is 41.2. The number of benzene rings is 1. The number of anilines is 2. The maximum absolute atomic E-state index is 14.7. The number of likely N-dealkylation sites (N-methyl/N-ethyl adjacent to an activating group) is 1. The second kappa shape index (κ2) is 10.2. The molecule has 8 nitrogen and oxygen atoms in total. The normalized spacial score (nSPS) is 17.2. The highest BCUT2D eigenvalue weighted by Gasteiger charge is 2.35. The van der Waals surface area contributed by atoms with Gasteiger partial charge >= 0.3 is 0 Å². The number of rotatable bonds is 8. The monoisotopic (exact) mass is 494 g/mol. The Kier molecular flexibility index (Phi) is 7.28. The van der Waals surface area contributed by atoms with Crippen LogP contribution in [-0.4, -0.2) is 68.1 Å². The molecule has 1 aromatic heterocycles. The smallest absolute Gasteiger partial charge is 0.261 e. The Balaban J connectivity index is 1.43. The number of nitrogens with zero attached hydrogens (tertiary/aromatic N) is 2. The molecule has 2 heterocycles. The van der Waals surface area contributed by atoms with Crippen molar-refractivity contribution in [3.05, 3.63) is 45.4 Å². The number of nitrogens with one attached hydrogen (secondary N) is 2. The minimum absolute atomic E-state index is 0.0868. The fraction of sp³-hybridized carbons (Fsp3) is 0.409. The van der Waals surface area contributed by atoms with E-state index in [4.69, 9.17) is 16.3 Å². The number of amides is 3. The number of carbonyl (C=O) groups is 3. The lowest BCUT2D eigenvalue weighted by Gasteiger charge is -2.28. The van der Waals surface area contributed by atoms with E-state index in [2.05, 4.69) is 10.6 Å². The van der Waals surface area contributed by atoms with Gasteiger partial charge in [0.25, 0.3) is 11.8 Å². The van der Waals surface area contributed by atoms with Crippen molar-refractivity contribution < 1.29 is 23.5 Å². The first-order valence-electron chi connectivity index (χ1n) is 10.6. The van der Waals surface area contributed by atoms with Crippen molar-refractivity contribution in [2.75, 3.05) is 43.6 Å². The van der Waals surface area contributed by atoms with E-state index in [1.165, 1.54) is 17.0 Å². The molecule has 0 unspecified atom stereocenters. The van der Waals surface area contributed by atoms with Crippen molar-refractivity contribution in [2.24, 2.45) is 0 Å². The highest BCUT2D eigenvalue weighted by molar-refractivity contribution is 7.18. The summed E-state index contributed by atoms with van der Waals surface area (Å²) < 4.78 is 20.3.